The van der Waals surface area contributed by atoms with Crippen LogP contribution >= 0.6 is 24.8 Å². The molecule has 0 radical (unpaired) electrons. The summed E-state index contributed by atoms with van der Waals surface area (Å²) in [6, 6.07) is 8.69. The lowest BCUT2D eigenvalue weighted by atomic mass is 10.2. The minimum absolute atomic E-state index is 0. The van der Waals surface area contributed by atoms with Gasteiger partial charge in [-0.2, -0.15) is 0 Å². The summed E-state index contributed by atoms with van der Waals surface area (Å²) in [6.07, 6.45) is 3.48. The van der Waals surface area contributed by atoms with Crippen LogP contribution in [-0.2, 0) is 13.1 Å². The van der Waals surface area contributed by atoms with Crippen LogP contribution in [0, 0.1) is 0 Å². The first kappa shape index (κ1) is 20.3. The highest BCUT2D eigenvalue weighted by Crippen LogP contribution is 2.21. The Bertz CT molecular complexity index is 523. The summed E-state index contributed by atoms with van der Waals surface area (Å²) in [5, 5.41) is 4.91. The monoisotopic (exact) mass is 331 g/mol. The lowest BCUT2D eigenvalue weighted by Crippen LogP contribution is -2.26. The van der Waals surface area contributed by atoms with Crippen molar-refractivity contribution in [3.8, 4) is 0 Å². The van der Waals surface area contributed by atoms with E-state index in [1.807, 2.05) is 0 Å². The third kappa shape index (κ3) is 5.51. The van der Waals surface area contributed by atoms with E-state index in [4.69, 9.17) is 0 Å². The number of nitrogens with one attached hydrogen (secondary N) is 1. The predicted octanol–water partition coefficient (Wildman–Crippen LogP) is 3.55. The van der Waals surface area contributed by atoms with Gasteiger partial charge in [0.1, 0.15) is 0 Å². The van der Waals surface area contributed by atoms with E-state index < -0.39 is 0 Å². The molecule has 0 saturated carbocycles. The number of aromatic nitrogens is 1. The second-order valence-electron chi connectivity index (χ2n) is 5.34. The van der Waals surface area contributed by atoms with Crippen molar-refractivity contribution in [2.45, 2.75) is 26.4 Å². The maximum Gasteiger partial charge on any atom is 0.0483 e. The van der Waals surface area contributed by atoms with Gasteiger partial charge in [0.05, 0.1) is 0 Å². The highest BCUT2D eigenvalue weighted by molar-refractivity contribution is 5.85. The van der Waals surface area contributed by atoms with E-state index in [-0.39, 0.29) is 24.8 Å². The molecule has 0 fully saturated rings. The van der Waals surface area contributed by atoms with Crippen molar-refractivity contribution in [2.24, 2.45) is 0 Å². The van der Waals surface area contributed by atoms with Gasteiger partial charge in [0, 0.05) is 43.3 Å². The number of halogens is 2. The SMILES string of the molecule is CCCn1cc(CNCCN(C)C)c2ccccc21.Cl.Cl. The van der Waals surface area contributed by atoms with Crippen molar-refractivity contribution in [3.63, 3.8) is 0 Å². The first-order valence-corrected chi connectivity index (χ1v) is 7.14. The van der Waals surface area contributed by atoms with E-state index in [9.17, 15) is 0 Å². The zero-order chi connectivity index (χ0) is 13.7. The van der Waals surface area contributed by atoms with Gasteiger partial charge in [-0.15, -0.1) is 24.8 Å². The molecule has 2 rings (SSSR count). The Kier molecular flexibility index (Phi) is 9.71. The Hall–Kier alpha value is -0.740. The molecule has 0 aliphatic rings. The summed E-state index contributed by atoms with van der Waals surface area (Å²) >= 11 is 0. The molecule has 0 atom stereocenters. The first-order chi connectivity index (χ1) is 9.22. The lowest BCUT2D eigenvalue weighted by molar-refractivity contribution is 0.400. The molecule has 3 nitrogen and oxygen atoms in total. The number of rotatable bonds is 7. The first-order valence-electron chi connectivity index (χ1n) is 7.14. The smallest absolute Gasteiger partial charge is 0.0483 e. The lowest BCUT2D eigenvalue weighted by Gasteiger charge is -2.09. The normalized spacial score (nSPS) is 10.5. The molecular weight excluding hydrogens is 305 g/mol. The van der Waals surface area contributed by atoms with Crippen LogP contribution in [0.3, 0.4) is 0 Å². The van der Waals surface area contributed by atoms with Gasteiger partial charge in [-0.3, -0.25) is 0 Å². The standard InChI is InChI=1S/C16H25N3.2ClH/c1-4-10-19-13-14(12-17-9-11-18(2)3)15-7-5-6-8-16(15)19;;/h5-8,13,17H,4,9-12H2,1-3H3;2*1H. The molecule has 0 aliphatic heterocycles. The summed E-state index contributed by atoms with van der Waals surface area (Å²) < 4.78 is 2.37. The van der Waals surface area contributed by atoms with Gasteiger partial charge in [-0.05, 0) is 32.1 Å². The molecule has 21 heavy (non-hydrogen) atoms. The minimum Gasteiger partial charge on any atom is -0.347 e. The van der Waals surface area contributed by atoms with E-state index in [1.165, 1.54) is 22.9 Å². The van der Waals surface area contributed by atoms with Crippen molar-refractivity contribution in [1.82, 2.24) is 14.8 Å². The van der Waals surface area contributed by atoms with Crippen molar-refractivity contribution < 1.29 is 0 Å². The summed E-state index contributed by atoms with van der Waals surface area (Å²) in [5.74, 6) is 0. The van der Waals surface area contributed by atoms with Crippen LogP contribution in [0.15, 0.2) is 30.5 Å². The molecule has 0 unspecified atom stereocenters. The Labute approximate surface area is 140 Å². The number of hydrogen-bond donors (Lipinski definition) is 1. The van der Waals surface area contributed by atoms with Crippen LogP contribution in [0.4, 0.5) is 0 Å². The molecule has 2 aromatic rings. The molecule has 0 amide bonds. The fourth-order valence-corrected chi connectivity index (χ4v) is 2.42. The Morgan fingerprint density at radius 2 is 1.86 bits per heavy atom. The van der Waals surface area contributed by atoms with Crippen molar-refractivity contribution in [3.05, 3.63) is 36.0 Å². The molecule has 0 spiro atoms. The average Bonchev–Trinajstić information content (AvgIpc) is 2.74. The number of likely N-dealkylation sites (N-methyl/N-ethyl adjacent to an activating group) is 1. The van der Waals surface area contributed by atoms with Crippen LogP contribution in [0.25, 0.3) is 10.9 Å². The number of benzene rings is 1. The van der Waals surface area contributed by atoms with E-state index in [2.05, 4.69) is 66.3 Å². The van der Waals surface area contributed by atoms with Crippen molar-refractivity contribution in [1.29, 1.82) is 0 Å². The van der Waals surface area contributed by atoms with Crippen LogP contribution in [0.5, 0.6) is 0 Å². The number of fused-ring (bicyclic) bond motifs is 1. The number of para-hydroxylation sites is 1. The maximum absolute atomic E-state index is 3.53. The topological polar surface area (TPSA) is 20.2 Å². The van der Waals surface area contributed by atoms with Crippen LogP contribution in [0.2, 0.25) is 0 Å². The molecule has 0 aliphatic carbocycles. The van der Waals surface area contributed by atoms with Crippen LogP contribution < -0.4 is 5.32 Å². The second kappa shape index (κ2) is 10.1. The summed E-state index contributed by atoms with van der Waals surface area (Å²) in [7, 11) is 4.21. The minimum atomic E-state index is 0. The third-order valence-corrected chi connectivity index (χ3v) is 3.39. The van der Waals surface area contributed by atoms with Gasteiger partial charge < -0.3 is 14.8 Å². The molecule has 0 bridgehead atoms. The van der Waals surface area contributed by atoms with Gasteiger partial charge in [-0.1, -0.05) is 25.1 Å². The molecule has 120 valence electrons. The summed E-state index contributed by atoms with van der Waals surface area (Å²) in [6.45, 7) is 6.38. The van der Waals surface area contributed by atoms with Crippen LogP contribution in [-0.4, -0.2) is 36.7 Å². The third-order valence-electron chi connectivity index (χ3n) is 3.39. The number of aryl methyl sites for hydroxylation is 1. The highest BCUT2D eigenvalue weighted by Gasteiger charge is 2.06. The number of nitrogens with zero attached hydrogens (tertiary/aromatic N) is 2. The molecule has 1 aromatic heterocycles. The molecule has 1 heterocycles. The Morgan fingerprint density at radius 1 is 1.14 bits per heavy atom. The quantitative estimate of drug-likeness (QED) is 0.783. The predicted molar refractivity (Wildman–Crippen MR) is 97.0 cm³/mol. The molecule has 1 aromatic carbocycles. The van der Waals surface area contributed by atoms with E-state index in [0.29, 0.717) is 0 Å². The van der Waals surface area contributed by atoms with Crippen LogP contribution in [0.1, 0.15) is 18.9 Å². The number of hydrogen-bond acceptors (Lipinski definition) is 2. The van der Waals surface area contributed by atoms with Crippen molar-refractivity contribution in [2.75, 3.05) is 27.2 Å². The maximum atomic E-state index is 3.53. The van der Waals surface area contributed by atoms with E-state index >= 15 is 0 Å². The summed E-state index contributed by atoms with van der Waals surface area (Å²) in [4.78, 5) is 2.20. The Balaban J connectivity index is 0.00000200. The van der Waals surface area contributed by atoms with Crippen molar-refractivity contribution >= 4 is 35.7 Å². The van der Waals surface area contributed by atoms with Gasteiger partial charge >= 0.3 is 0 Å². The zero-order valence-corrected chi connectivity index (χ0v) is 14.8. The zero-order valence-electron chi connectivity index (χ0n) is 13.1. The largest absolute Gasteiger partial charge is 0.347 e. The fourth-order valence-electron chi connectivity index (χ4n) is 2.42. The highest BCUT2D eigenvalue weighted by atomic mass is 35.5. The Morgan fingerprint density at radius 3 is 2.52 bits per heavy atom. The van der Waals surface area contributed by atoms with Gasteiger partial charge in [-0.25, -0.2) is 0 Å². The summed E-state index contributed by atoms with van der Waals surface area (Å²) in [5.41, 5.74) is 2.76. The fraction of sp³-hybridized carbons (Fsp3) is 0.500. The molecular formula is C16H27Cl2N3. The van der Waals surface area contributed by atoms with Gasteiger partial charge in [0.15, 0.2) is 0 Å². The van der Waals surface area contributed by atoms with E-state index in [0.717, 1.165) is 26.2 Å². The molecule has 5 heteroatoms. The van der Waals surface area contributed by atoms with Gasteiger partial charge in [0.2, 0.25) is 0 Å². The molecule has 0 saturated heterocycles. The van der Waals surface area contributed by atoms with E-state index in [1.54, 1.807) is 0 Å². The molecule has 1 N–H and O–H groups in total. The second-order valence-corrected chi connectivity index (χ2v) is 5.34. The average molecular weight is 332 g/mol. The van der Waals surface area contributed by atoms with Gasteiger partial charge in [0.25, 0.3) is 0 Å².